The standard InChI is InChI=1S/C24H28FNO2/c1-4-5-6-7-11-21-13-14-22(16-23(21)25)24-15-12-20(17-26-24)10-8-9-18(2)28-19(3)27/h12-18H,4-7,9,11H2,1-3H3. The number of rotatable bonds is 8. The van der Waals surface area contributed by atoms with E-state index in [9.17, 15) is 9.18 Å². The number of hydrogen-bond donors (Lipinski definition) is 0. The number of hydrogen-bond acceptors (Lipinski definition) is 3. The van der Waals surface area contributed by atoms with Crippen LogP contribution in [0.15, 0.2) is 36.5 Å². The van der Waals surface area contributed by atoms with Gasteiger partial charge in [-0.25, -0.2) is 4.39 Å². The van der Waals surface area contributed by atoms with Crippen LogP contribution >= 0.6 is 0 Å². The molecule has 1 atom stereocenters. The van der Waals surface area contributed by atoms with E-state index in [1.54, 1.807) is 19.2 Å². The third kappa shape index (κ3) is 7.15. The Morgan fingerprint density at radius 3 is 2.68 bits per heavy atom. The van der Waals surface area contributed by atoms with E-state index >= 15 is 0 Å². The highest BCUT2D eigenvalue weighted by Crippen LogP contribution is 2.21. The molecular weight excluding hydrogens is 353 g/mol. The molecule has 0 bridgehead atoms. The molecule has 0 saturated carbocycles. The Morgan fingerprint density at radius 1 is 1.21 bits per heavy atom. The second-order valence-electron chi connectivity index (χ2n) is 6.97. The van der Waals surface area contributed by atoms with E-state index in [2.05, 4.69) is 23.7 Å². The second-order valence-corrected chi connectivity index (χ2v) is 6.97. The molecule has 2 aromatic rings. The molecule has 0 spiro atoms. The monoisotopic (exact) mass is 381 g/mol. The first-order chi connectivity index (χ1) is 13.5. The van der Waals surface area contributed by atoms with Crippen molar-refractivity contribution in [3.05, 3.63) is 53.5 Å². The van der Waals surface area contributed by atoms with Gasteiger partial charge in [0.15, 0.2) is 0 Å². The maximum absolute atomic E-state index is 14.4. The van der Waals surface area contributed by atoms with Crippen molar-refractivity contribution in [3.8, 4) is 23.1 Å². The van der Waals surface area contributed by atoms with Crippen molar-refractivity contribution in [1.82, 2.24) is 4.98 Å². The van der Waals surface area contributed by atoms with Gasteiger partial charge >= 0.3 is 5.97 Å². The second kappa shape index (κ2) is 11.2. The lowest BCUT2D eigenvalue weighted by Crippen LogP contribution is -2.10. The lowest BCUT2D eigenvalue weighted by molar-refractivity contribution is -0.145. The smallest absolute Gasteiger partial charge is 0.302 e. The summed E-state index contributed by atoms with van der Waals surface area (Å²) in [6.07, 6.45) is 7.22. The first kappa shape index (κ1) is 21.6. The fourth-order valence-corrected chi connectivity index (χ4v) is 2.91. The quantitative estimate of drug-likeness (QED) is 0.334. The maximum Gasteiger partial charge on any atom is 0.302 e. The summed E-state index contributed by atoms with van der Waals surface area (Å²) in [5, 5.41) is 0. The van der Waals surface area contributed by atoms with Gasteiger partial charge in [-0.3, -0.25) is 9.78 Å². The van der Waals surface area contributed by atoms with E-state index in [1.807, 2.05) is 24.3 Å². The van der Waals surface area contributed by atoms with Crippen molar-refractivity contribution in [2.24, 2.45) is 0 Å². The van der Waals surface area contributed by atoms with Crippen LogP contribution in [0.5, 0.6) is 0 Å². The molecule has 148 valence electrons. The average molecular weight is 381 g/mol. The lowest BCUT2D eigenvalue weighted by Gasteiger charge is -2.07. The van der Waals surface area contributed by atoms with Crippen molar-refractivity contribution in [2.45, 2.75) is 65.4 Å². The average Bonchev–Trinajstić information content (AvgIpc) is 2.66. The molecule has 0 amide bonds. The molecule has 1 heterocycles. The van der Waals surface area contributed by atoms with Crippen molar-refractivity contribution in [2.75, 3.05) is 0 Å². The van der Waals surface area contributed by atoms with Gasteiger partial charge in [-0.2, -0.15) is 0 Å². The Kier molecular flexibility index (Phi) is 8.68. The summed E-state index contributed by atoms with van der Waals surface area (Å²) in [6, 6.07) is 9.05. The number of unbranched alkanes of at least 4 members (excludes halogenated alkanes) is 3. The Hall–Kier alpha value is -2.67. The number of nitrogens with zero attached hydrogens (tertiary/aromatic N) is 1. The number of halogens is 1. The minimum Gasteiger partial charge on any atom is -0.462 e. The number of benzene rings is 1. The minimum atomic E-state index is -0.306. The molecule has 3 nitrogen and oxygen atoms in total. The SMILES string of the molecule is CCCCCCc1ccc(-c2ccc(C#CCC(C)OC(C)=O)cn2)cc1F. The van der Waals surface area contributed by atoms with Gasteiger partial charge in [-0.1, -0.05) is 50.2 Å². The Labute approximate surface area is 167 Å². The molecule has 0 aliphatic rings. The number of ether oxygens (including phenoxy) is 1. The third-order valence-electron chi connectivity index (χ3n) is 4.40. The molecule has 0 aliphatic carbocycles. The molecule has 0 saturated heterocycles. The molecule has 0 aliphatic heterocycles. The topological polar surface area (TPSA) is 39.2 Å². The summed E-state index contributed by atoms with van der Waals surface area (Å²) in [5.74, 6) is 5.51. The number of aryl methyl sites for hydroxylation is 1. The summed E-state index contributed by atoms with van der Waals surface area (Å²) in [5.41, 5.74) is 3.02. The normalized spacial score (nSPS) is 11.4. The lowest BCUT2D eigenvalue weighted by atomic mass is 10.0. The fraction of sp³-hybridized carbons (Fsp3) is 0.417. The molecule has 0 N–H and O–H groups in total. The van der Waals surface area contributed by atoms with Gasteiger partial charge in [0.25, 0.3) is 0 Å². The van der Waals surface area contributed by atoms with Gasteiger partial charge in [0, 0.05) is 30.7 Å². The summed E-state index contributed by atoms with van der Waals surface area (Å²) in [6.45, 7) is 5.36. The van der Waals surface area contributed by atoms with Crippen LogP contribution in [0.1, 0.15) is 64.0 Å². The van der Waals surface area contributed by atoms with Gasteiger partial charge in [-0.05, 0) is 43.5 Å². The van der Waals surface area contributed by atoms with Gasteiger partial charge in [0.2, 0.25) is 0 Å². The van der Waals surface area contributed by atoms with Gasteiger partial charge in [0.1, 0.15) is 11.9 Å². The van der Waals surface area contributed by atoms with Gasteiger partial charge in [-0.15, -0.1) is 0 Å². The molecule has 0 fully saturated rings. The summed E-state index contributed by atoms with van der Waals surface area (Å²) < 4.78 is 19.4. The molecule has 4 heteroatoms. The molecule has 28 heavy (non-hydrogen) atoms. The fourth-order valence-electron chi connectivity index (χ4n) is 2.91. The predicted molar refractivity (Wildman–Crippen MR) is 110 cm³/mol. The summed E-state index contributed by atoms with van der Waals surface area (Å²) in [7, 11) is 0. The van der Waals surface area contributed by atoms with E-state index < -0.39 is 0 Å². The van der Waals surface area contributed by atoms with Crippen molar-refractivity contribution in [1.29, 1.82) is 0 Å². The molecule has 2 rings (SSSR count). The predicted octanol–water partition coefficient (Wildman–Crippen LogP) is 5.70. The van der Waals surface area contributed by atoms with Crippen LogP contribution in [0.25, 0.3) is 11.3 Å². The Balaban J connectivity index is 1.97. The number of carbonyl (C=O) groups is 1. The molecule has 1 unspecified atom stereocenters. The Bertz CT molecular complexity index is 834. The zero-order valence-corrected chi connectivity index (χ0v) is 16.9. The number of esters is 1. The minimum absolute atomic E-state index is 0.167. The van der Waals surface area contributed by atoms with E-state index in [-0.39, 0.29) is 17.9 Å². The first-order valence-electron chi connectivity index (χ1n) is 9.90. The van der Waals surface area contributed by atoms with E-state index in [4.69, 9.17) is 4.74 Å². The van der Waals surface area contributed by atoms with Gasteiger partial charge < -0.3 is 4.74 Å². The van der Waals surface area contributed by atoms with E-state index in [0.29, 0.717) is 6.42 Å². The molecule has 1 aromatic heterocycles. The first-order valence-corrected chi connectivity index (χ1v) is 9.90. The Morgan fingerprint density at radius 2 is 2.04 bits per heavy atom. The van der Waals surface area contributed by atoms with Crippen molar-refractivity contribution >= 4 is 5.97 Å². The zero-order valence-electron chi connectivity index (χ0n) is 16.9. The van der Waals surface area contributed by atoms with Crippen molar-refractivity contribution in [3.63, 3.8) is 0 Å². The van der Waals surface area contributed by atoms with Crippen LogP contribution in [-0.4, -0.2) is 17.1 Å². The maximum atomic E-state index is 14.4. The zero-order chi connectivity index (χ0) is 20.4. The van der Waals surface area contributed by atoms with Crippen LogP contribution in [-0.2, 0) is 16.0 Å². The molecule has 0 radical (unpaired) electrons. The molecular formula is C24H28FNO2. The van der Waals surface area contributed by atoms with Crippen LogP contribution < -0.4 is 0 Å². The van der Waals surface area contributed by atoms with Crippen LogP contribution in [0.2, 0.25) is 0 Å². The highest BCUT2D eigenvalue weighted by Gasteiger charge is 2.06. The highest BCUT2D eigenvalue weighted by molar-refractivity contribution is 5.66. The van der Waals surface area contributed by atoms with Crippen molar-refractivity contribution < 1.29 is 13.9 Å². The van der Waals surface area contributed by atoms with E-state index in [1.165, 1.54) is 19.8 Å². The number of carbonyl (C=O) groups excluding carboxylic acids is 1. The number of aromatic nitrogens is 1. The summed E-state index contributed by atoms with van der Waals surface area (Å²) >= 11 is 0. The van der Waals surface area contributed by atoms with Crippen LogP contribution in [0.4, 0.5) is 4.39 Å². The largest absolute Gasteiger partial charge is 0.462 e. The number of pyridine rings is 1. The van der Waals surface area contributed by atoms with Crippen LogP contribution in [0.3, 0.4) is 0 Å². The molecule has 1 aromatic carbocycles. The third-order valence-corrected chi connectivity index (χ3v) is 4.40. The van der Waals surface area contributed by atoms with Crippen LogP contribution in [0, 0.1) is 17.7 Å². The van der Waals surface area contributed by atoms with E-state index in [0.717, 1.165) is 41.6 Å². The van der Waals surface area contributed by atoms with Gasteiger partial charge in [0.05, 0.1) is 5.69 Å². The summed E-state index contributed by atoms with van der Waals surface area (Å²) in [4.78, 5) is 15.3. The highest BCUT2D eigenvalue weighted by atomic mass is 19.1.